The van der Waals surface area contributed by atoms with Crippen molar-refractivity contribution in [2.75, 3.05) is 27.3 Å². The lowest BCUT2D eigenvalue weighted by Gasteiger charge is -2.53. The molecule has 2 aromatic carbocycles. The third-order valence-corrected chi connectivity index (χ3v) is 7.23. The molecule has 2 aliphatic rings. The Morgan fingerprint density at radius 2 is 1.62 bits per heavy atom. The van der Waals surface area contributed by atoms with Crippen molar-refractivity contribution in [3.63, 3.8) is 0 Å². The van der Waals surface area contributed by atoms with Gasteiger partial charge < -0.3 is 24.4 Å². The minimum Gasteiger partial charge on any atom is -0.493 e. The summed E-state index contributed by atoms with van der Waals surface area (Å²) in [5.74, 6) is 0.604. The average molecular weight is 521 g/mol. The van der Waals surface area contributed by atoms with Crippen molar-refractivity contribution in [2.24, 2.45) is 5.41 Å². The highest BCUT2D eigenvalue weighted by molar-refractivity contribution is 5.97. The second-order valence-electron chi connectivity index (χ2n) is 9.89. The van der Waals surface area contributed by atoms with Crippen LogP contribution in [0.25, 0.3) is 0 Å². The molecule has 1 saturated heterocycles. The standard InChI is InChI=1S/C27H31F3N2O5/c1-17-12-22(35-2)23(36-3)14-21(17)25(34)32-15-26(16-32)10-8-19(9-11-26)31-24(33)13-18-4-6-20(7-5-18)37-27(28,29)30/h4-7,12,14,19H,8-11,13,15-16H2,1-3H3,(H,31,33). The summed E-state index contributed by atoms with van der Waals surface area (Å²) >= 11 is 0. The predicted octanol–water partition coefficient (Wildman–Crippen LogP) is 4.65. The summed E-state index contributed by atoms with van der Waals surface area (Å²) in [4.78, 5) is 27.5. The monoisotopic (exact) mass is 520 g/mol. The van der Waals surface area contributed by atoms with Crippen LogP contribution in [0.2, 0.25) is 0 Å². The van der Waals surface area contributed by atoms with Crippen LogP contribution >= 0.6 is 0 Å². The fraction of sp³-hybridized carbons (Fsp3) is 0.481. The molecule has 4 rings (SSSR count). The molecule has 1 spiro atoms. The van der Waals surface area contributed by atoms with E-state index in [-0.39, 0.29) is 35.4 Å². The van der Waals surface area contributed by atoms with Gasteiger partial charge in [-0.05, 0) is 68.0 Å². The van der Waals surface area contributed by atoms with E-state index in [0.29, 0.717) is 35.7 Å². The Labute approximate surface area is 213 Å². The van der Waals surface area contributed by atoms with Crippen LogP contribution in [0.1, 0.15) is 47.2 Å². The first-order valence-corrected chi connectivity index (χ1v) is 12.2. The molecule has 10 heteroatoms. The van der Waals surface area contributed by atoms with E-state index in [1.807, 2.05) is 11.8 Å². The van der Waals surface area contributed by atoms with Gasteiger partial charge >= 0.3 is 6.36 Å². The first kappa shape index (κ1) is 26.6. The maximum absolute atomic E-state index is 13.1. The Morgan fingerprint density at radius 3 is 2.19 bits per heavy atom. The maximum Gasteiger partial charge on any atom is 0.573 e. The Hall–Kier alpha value is -3.43. The van der Waals surface area contributed by atoms with Crippen LogP contribution in [0.3, 0.4) is 0 Å². The molecule has 7 nitrogen and oxygen atoms in total. The maximum atomic E-state index is 13.1. The molecule has 2 fully saturated rings. The second kappa shape index (κ2) is 10.5. The summed E-state index contributed by atoms with van der Waals surface area (Å²) in [6, 6.07) is 8.89. The fourth-order valence-corrected chi connectivity index (χ4v) is 5.25. The van der Waals surface area contributed by atoms with Crippen LogP contribution < -0.4 is 19.5 Å². The van der Waals surface area contributed by atoms with Crippen molar-refractivity contribution in [1.82, 2.24) is 10.2 Å². The summed E-state index contributed by atoms with van der Waals surface area (Å²) in [6.07, 6.45) is -1.19. The molecule has 2 aromatic rings. The number of carbonyl (C=O) groups excluding carboxylic acids is 2. The molecule has 37 heavy (non-hydrogen) atoms. The van der Waals surface area contributed by atoms with E-state index in [1.165, 1.54) is 24.3 Å². The quantitative estimate of drug-likeness (QED) is 0.575. The van der Waals surface area contributed by atoms with Gasteiger partial charge in [0.05, 0.1) is 20.6 Å². The molecule has 1 N–H and O–H groups in total. The number of ether oxygens (including phenoxy) is 3. The molecule has 0 unspecified atom stereocenters. The zero-order valence-electron chi connectivity index (χ0n) is 21.1. The van der Waals surface area contributed by atoms with E-state index >= 15 is 0 Å². The molecule has 0 aromatic heterocycles. The van der Waals surface area contributed by atoms with Crippen molar-refractivity contribution < 1.29 is 37.0 Å². The summed E-state index contributed by atoms with van der Waals surface area (Å²) in [5.41, 5.74) is 2.12. The van der Waals surface area contributed by atoms with Crippen molar-refractivity contribution in [2.45, 2.75) is 51.4 Å². The van der Waals surface area contributed by atoms with Gasteiger partial charge in [0.2, 0.25) is 5.91 Å². The highest BCUT2D eigenvalue weighted by Crippen LogP contribution is 2.45. The number of benzene rings is 2. The number of amides is 2. The molecular weight excluding hydrogens is 489 g/mol. The Bertz CT molecular complexity index is 1130. The second-order valence-corrected chi connectivity index (χ2v) is 9.89. The Morgan fingerprint density at radius 1 is 1.03 bits per heavy atom. The minimum atomic E-state index is -4.75. The summed E-state index contributed by atoms with van der Waals surface area (Å²) in [7, 11) is 3.10. The molecule has 0 atom stereocenters. The smallest absolute Gasteiger partial charge is 0.493 e. The van der Waals surface area contributed by atoms with Crippen LogP contribution in [0.5, 0.6) is 17.2 Å². The van der Waals surface area contributed by atoms with Gasteiger partial charge in [-0.2, -0.15) is 0 Å². The number of nitrogens with zero attached hydrogens (tertiary/aromatic N) is 1. The topological polar surface area (TPSA) is 77.1 Å². The van der Waals surface area contributed by atoms with E-state index in [9.17, 15) is 22.8 Å². The molecule has 200 valence electrons. The summed E-state index contributed by atoms with van der Waals surface area (Å²) in [5, 5.41) is 3.04. The van der Waals surface area contributed by atoms with Gasteiger partial charge in [-0.15, -0.1) is 13.2 Å². The largest absolute Gasteiger partial charge is 0.573 e. The van der Waals surface area contributed by atoms with Crippen molar-refractivity contribution in [3.8, 4) is 17.2 Å². The van der Waals surface area contributed by atoms with Gasteiger partial charge in [-0.1, -0.05) is 12.1 Å². The van der Waals surface area contributed by atoms with Gasteiger partial charge in [-0.25, -0.2) is 0 Å². The number of hydrogen-bond donors (Lipinski definition) is 1. The van der Waals surface area contributed by atoms with Gasteiger partial charge in [0, 0.05) is 30.1 Å². The minimum absolute atomic E-state index is 0.0221. The number of methoxy groups -OCH3 is 2. The van der Waals surface area contributed by atoms with Crippen LogP contribution in [0.15, 0.2) is 36.4 Å². The first-order chi connectivity index (χ1) is 17.5. The average Bonchev–Trinajstić information content (AvgIpc) is 2.83. The molecule has 0 radical (unpaired) electrons. The molecule has 1 aliphatic carbocycles. The lowest BCUT2D eigenvalue weighted by molar-refractivity contribution is -0.274. The number of aryl methyl sites for hydroxylation is 1. The van der Waals surface area contributed by atoms with Crippen LogP contribution in [-0.2, 0) is 11.2 Å². The lowest BCUT2D eigenvalue weighted by Crippen LogP contribution is -2.60. The number of alkyl halides is 3. The molecule has 2 amide bonds. The van der Waals surface area contributed by atoms with Crippen molar-refractivity contribution in [3.05, 3.63) is 53.1 Å². The zero-order valence-corrected chi connectivity index (χ0v) is 21.1. The van der Waals surface area contributed by atoms with Gasteiger partial charge in [0.25, 0.3) is 5.91 Å². The van der Waals surface area contributed by atoms with E-state index in [2.05, 4.69) is 10.1 Å². The highest BCUT2D eigenvalue weighted by Gasteiger charge is 2.47. The van der Waals surface area contributed by atoms with Crippen LogP contribution in [0, 0.1) is 12.3 Å². The van der Waals surface area contributed by atoms with Gasteiger partial charge in [0.1, 0.15) is 5.75 Å². The van der Waals surface area contributed by atoms with Crippen LogP contribution in [-0.4, -0.2) is 56.4 Å². The fourth-order valence-electron chi connectivity index (χ4n) is 5.25. The summed E-state index contributed by atoms with van der Waals surface area (Å²) < 4.78 is 51.4. The number of hydrogen-bond acceptors (Lipinski definition) is 5. The zero-order chi connectivity index (χ0) is 26.8. The van der Waals surface area contributed by atoms with E-state index in [1.54, 1.807) is 26.4 Å². The number of rotatable bonds is 7. The van der Waals surface area contributed by atoms with Crippen molar-refractivity contribution >= 4 is 11.8 Å². The van der Waals surface area contributed by atoms with E-state index < -0.39 is 6.36 Å². The normalized spacial score (nSPS) is 17.2. The van der Waals surface area contributed by atoms with Crippen LogP contribution in [0.4, 0.5) is 13.2 Å². The Kier molecular flexibility index (Phi) is 7.57. The third-order valence-electron chi connectivity index (χ3n) is 7.23. The lowest BCUT2D eigenvalue weighted by atomic mass is 9.67. The van der Waals surface area contributed by atoms with Gasteiger partial charge in [-0.3, -0.25) is 9.59 Å². The molecule has 1 aliphatic heterocycles. The number of carbonyl (C=O) groups is 2. The highest BCUT2D eigenvalue weighted by atomic mass is 19.4. The third kappa shape index (κ3) is 6.29. The first-order valence-electron chi connectivity index (χ1n) is 12.2. The molecule has 1 saturated carbocycles. The number of likely N-dealkylation sites (tertiary alicyclic amines) is 1. The van der Waals surface area contributed by atoms with E-state index in [4.69, 9.17) is 9.47 Å². The molecule has 0 bridgehead atoms. The molecule has 1 heterocycles. The number of halogens is 3. The molecular formula is C27H31F3N2O5. The Balaban J connectivity index is 1.24. The predicted molar refractivity (Wildman–Crippen MR) is 130 cm³/mol. The SMILES string of the molecule is COc1cc(C)c(C(=O)N2CC3(CCC(NC(=O)Cc4ccc(OC(F)(F)F)cc4)CC3)C2)cc1OC. The number of nitrogens with one attached hydrogen (secondary N) is 1. The van der Waals surface area contributed by atoms with Gasteiger partial charge in [0.15, 0.2) is 11.5 Å². The van der Waals surface area contributed by atoms with Crippen molar-refractivity contribution in [1.29, 1.82) is 0 Å². The van der Waals surface area contributed by atoms with E-state index in [0.717, 1.165) is 31.2 Å². The summed E-state index contributed by atoms with van der Waals surface area (Å²) in [6.45, 7) is 3.25.